The molecule has 1 aromatic carbocycles. The normalized spacial score (nSPS) is 12.5. The number of rotatable bonds is 3. The highest BCUT2D eigenvalue weighted by Gasteiger charge is 2.16. The van der Waals surface area contributed by atoms with Crippen molar-refractivity contribution in [3.05, 3.63) is 23.8 Å². The van der Waals surface area contributed by atoms with Gasteiger partial charge in [0.1, 0.15) is 0 Å². The maximum absolute atomic E-state index is 11.7. The standard InChI is InChI=1S/C10H12ClNOS/c1-6(11)10(13)8-5-7(12)3-4-9(8)14-2/h3-6H,12H2,1-2H3. The Morgan fingerprint density at radius 3 is 2.71 bits per heavy atom. The number of Topliss-reactive ketones (excluding diaryl/α,β-unsaturated/α-hetero) is 1. The van der Waals surface area contributed by atoms with Crippen molar-refractivity contribution in [1.82, 2.24) is 0 Å². The van der Waals surface area contributed by atoms with Crippen molar-refractivity contribution in [2.75, 3.05) is 12.0 Å². The molecule has 0 amide bonds. The van der Waals surface area contributed by atoms with Crippen molar-refractivity contribution >= 4 is 34.8 Å². The first-order valence-electron chi connectivity index (χ1n) is 4.18. The van der Waals surface area contributed by atoms with E-state index in [1.807, 2.05) is 12.3 Å². The van der Waals surface area contributed by atoms with Gasteiger partial charge in [-0.15, -0.1) is 23.4 Å². The van der Waals surface area contributed by atoms with E-state index in [4.69, 9.17) is 17.3 Å². The van der Waals surface area contributed by atoms with Gasteiger partial charge in [-0.1, -0.05) is 0 Å². The van der Waals surface area contributed by atoms with Crippen LogP contribution in [0.25, 0.3) is 0 Å². The summed E-state index contributed by atoms with van der Waals surface area (Å²) in [6, 6.07) is 5.29. The van der Waals surface area contributed by atoms with Crippen LogP contribution in [0, 0.1) is 0 Å². The molecule has 14 heavy (non-hydrogen) atoms. The summed E-state index contributed by atoms with van der Waals surface area (Å²) in [6.07, 6.45) is 1.92. The quantitative estimate of drug-likeness (QED) is 0.375. The van der Waals surface area contributed by atoms with Gasteiger partial charge in [-0.3, -0.25) is 4.79 Å². The highest BCUT2D eigenvalue weighted by atomic mass is 35.5. The maximum Gasteiger partial charge on any atom is 0.181 e. The van der Waals surface area contributed by atoms with E-state index in [0.717, 1.165) is 4.90 Å². The van der Waals surface area contributed by atoms with Gasteiger partial charge < -0.3 is 5.73 Å². The van der Waals surface area contributed by atoms with Crippen LogP contribution in [0.3, 0.4) is 0 Å². The lowest BCUT2D eigenvalue weighted by molar-refractivity contribution is 0.0989. The summed E-state index contributed by atoms with van der Waals surface area (Å²) in [5.41, 5.74) is 6.81. The van der Waals surface area contributed by atoms with Crippen LogP contribution in [0.2, 0.25) is 0 Å². The van der Waals surface area contributed by atoms with E-state index in [1.165, 1.54) is 11.8 Å². The second kappa shape index (κ2) is 4.71. The van der Waals surface area contributed by atoms with E-state index in [1.54, 1.807) is 19.1 Å². The summed E-state index contributed by atoms with van der Waals surface area (Å²) in [5, 5.41) is -0.511. The molecular weight excluding hydrogens is 218 g/mol. The van der Waals surface area contributed by atoms with Crippen molar-refractivity contribution in [3.8, 4) is 0 Å². The van der Waals surface area contributed by atoms with Crippen molar-refractivity contribution < 1.29 is 4.79 Å². The van der Waals surface area contributed by atoms with E-state index < -0.39 is 5.38 Å². The van der Waals surface area contributed by atoms with Crippen molar-refractivity contribution in [2.45, 2.75) is 17.2 Å². The van der Waals surface area contributed by atoms with E-state index in [2.05, 4.69) is 0 Å². The minimum Gasteiger partial charge on any atom is -0.399 e. The fraction of sp³-hybridized carbons (Fsp3) is 0.300. The summed E-state index contributed by atoms with van der Waals surface area (Å²) in [4.78, 5) is 12.6. The third-order valence-electron chi connectivity index (χ3n) is 1.85. The predicted molar refractivity (Wildman–Crippen MR) is 62.3 cm³/mol. The molecule has 76 valence electrons. The number of alkyl halides is 1. The Balaban J connectivity index is 3.17. The maximum atomic E-state index is 11.7. The van der Waals surface area contributed by atoms with Gasteiger partial charge in [0, 0.05) is 16.1 Å². The largest absolute Gasteiger partial charge is 0.399 e. The first-order chi connectivity index (χ1) is 6.56. The monoisotopic (exact) mass is 229 g/mol. The molecule has 0 aliphatic heterocycles. The van der Waals surface area contributed by atoms with Gasteiger partial charge in [0.25, 0.3) is 0 Å². The molecule has 0 spiro atoms. The van der Waals surface area contributed by atoms with Crippen molar-refractivity contribution in [2.24, 2.45) is 0 Å². The van der Waals surface area contributed by atoms with Crippen LogP contribution in [-0.2, 0) is 0 Å². The number of nitrogens with two attached hydrogens (primary N) is 1. The molecule has 0 aromatic heterocycles. The molecule has 0 heterocycles. The molecule has 0 fully saturated rings. The lowest BCUT2D eigenvalue weighted by Crippen LogP contribution is -2.12. The fourth-order valence-corrected chi connectivity index (χ4v) is 1.83. The highest BCUT2D eigenvalue weighted by molar-refractivity contribution is 7.98. The Hall–Kier alpha value is -0.670. The molecule has 1 rings (SSSR count). The highest BCUT2D eigenvalue weighted by Crippen LogP contribution is 2.24. The topological polar surface area (TPSA) is 43.1 Å². The first-order valence-corrected chi connectivity index (χ1v) is 5.84. The lowest BCUT2D eigenvalue weighted by atomic mass is 10.1. The summed E-state index contributed by atoms with van der Waals surface area (Å²) in [7, 11) is 0. The van der Waals surface area contributed by atoms with E-state index in [0.29, 0.717) is 11.3 Å². The molecule has 4 heteroatoms. The van der Waals surface area contributed by atoms with Crippen LogP contribution in [0.4, 0.5) is 5.69 Å². The molecule has 0 aliphatic rings. The Morgan fingerprint density at radius 2 is 2.21 bits per heavy atom. The SMILES string of the molecule is CSc1ccc(N)cc1C(=O)C(C)Cl. The number of nitrogen functional groups attached to an aromatic ring is 1. The van der Waals surface area contributed by atoms with Gasteiger partial charge in [-0.25, -0.2) is 0 Å². The molecular formula is C10H12ClNOS. The number of halogens is 1. The minimum atomic E-state index is -0.511. The second-order valence-corrected chi connectivity index (χ2v) is 4.44. The van der Waals surface area contributed by atoms with Crippen molar-refractivity contribution in [3.63, 3.8) is 0 Å². The molecule has 0 bridgehead atoms. The van der Waals surface area contributed by atoms with Crippen LogP contribution in [0.1, 0.15) is 17.3 Å². The predicted octanol–water partition coefficient (Wildman–Crippen LogP) is 2.80. The van der Waals surface area contributed by atoms with E-state index >= 15 is 0 Å². The van der Waals surface area contributed by atoms with Crippen LogP contribution < -0.4 is 5.73 Å². The fourth-order valence-electron chi connectivity index (χ4n) is 1.13. The number of hydrogen-bond acceptors (Lipinski definition) is 3. The molecule has 0 saturated carbocycles. The van der Waals surface area contributed by atoms with Gasteiger partial charge in [-0.2, -0.15) is 0 Å². The Labute approximate surface area is 92.8 Å². The molecule has 0 radical (unpaired) electrons. The number of hydrogen-bond donors (Lipinski definition) is 1. The zero-order valence-electron chi connectivity index (χ0n) is 8.08. The number of benzene rings is 1. The Kier molecular flexibility index (Phi) is 3.84. The molecule has 1 atom stereocenters. The van der Waals surface area contributed by atoms with Gasteiger partial charge >= 0.3 is 0 Å². The molecule has 1 unspecified atom stereocenters. The summed E-state index contributed by atoms with van der Waals surface area (Å²) >= 11 is 7.26. The summed E-state index contributed by atoms with van der Waals surface area (Å²) < 4.78 is 0. The van der Waals surface area contributed by atoms with Gasteiger partial charge in [0.15, 0.2) is 5.78 Å². The average molecular weight is 230 g/mol. The Morgan fingerprint density at radius 1 is 1.57 bits per heavy atom. The van der Waals surface area contributed by atoms with Gasteiger partial charge in [0.2, 0.25) is 0 Å². The third kappa shape index (κ3) is 2.42. The van der Waals surface area contributed by atoms with E-state index in [-0.39, 0.29) is 5.78 Å². The molecule has 0 saturated heterocycles. The van der Waals surface area contributed by atoms with Crippen molar-refractivity contribution in [1.29, 1.82) is 0 Å². The number of carbonyl (C=O) groups excluding carboxylic acids is 1. The number of carbonyl (C=O) groups is 1. The third-order valence-corrected chi connectivity index (χ3v) is 2.84. The minimum absolute atomic E-state index is 0.0803. The zero-order valence-corrected chi connectivity index (χ0v) is 9.65. The average Bonchev–Trinajstić information content (AvgIpc) is 2.16. The smallest absolute Gasteiger partial charge is 0.181 e. The van der Waals surface area contributed by atoms with Gasteiger partial charge in [0.05, 0.1) is 5.38 Å². The number of thioether (sulfide) groups is 1. The zero-order chi connectivity index (χ0) is 10.7. The molecule has 2 nitrogen and oxygen atoms in total. The summed E-state index contributed by atoms with van der Waals surface area (Å²) in [6.45, 7) is 1.66. The Bertz CT molecular complexity index is 352. The van der Waals surface area contributed by atoms with Crippen LogP contribution in [0.5, 0.6) is 0 Å². The summed E-state index contributed by atoms with van der Waals surface area (Å²) in [5.74, 6) is -0.0803. The molecule has 2 N–H and O–H groups in total. The van der Waals surface area contributed by atoms with Crippen LogP contribution >= 0.6 is 23.4 Å². The second-order valence-electron chi connectivity index (χ2n) is 2.94. The van der Waals surface area contributed by atoms with Crippen LogP contribution in [0.15, 0.2) is 23.1 Å². The first kappa shape index (κ1) is 11.4. The number of ketones is 1. The molecule has 0 aliphatic carbocycles. The van der Waals surface area contributed by atoms with Gasteiger partial charge in [-0.05, 0) is 31.4 Å². The molecule has 1 aromatic rings. The van der Waals surface area contributed by atoms with Crippen LogP contribution in [-0.4, -0.2) is 17.4 Å². The van der Waals surface area contributed by atoms with E-state index in [9.17, 15) is 4.79 Å². The lowest BCUT2D eigenvalue weighted by Gasteiger charge is -2.08. The number of anilines is 1.